The van der Waals surface area contributed by atoms with Crippen LogP contribution in [0.3, 0.4) is 0 Å². The van der Waals surface area contributed by atoms with Crippen molar-refractivity contribution in [1.82, 2.24) is 0 Å². The van der Waals surface area contributed by atoms with Crippen LogP contribution in [0.15, 0.2) is 12.2 Å². The van der Waals surface area contributed by atoms with E-state index in [1.165, 1.54) is 12.8 Å². The Kier molecular flexibility index (Phi) is 2.34. The van der Waals surface area contributed by atoms with Gasteiger partial charge in [-0.2, -0.15) is 0 Å². The molecular formula is C14H20O2. The number of esters is 1. The second-order valence-electron chi connectivity index (χ2n) is 5.93. The molecule has 0 aromatic heterocycles. The Morgan fingerprint density at radius 1 is 1.31 bits per heavy atom. The van der Waals surface area contributed by atoms with Crippen molar-refractivity contribution in [3.05, 3.63) is 12.2 Å². The molecule has 0 aromatic carbocycles. The molecule has 0 unspecified atom stereocenters. The molecule has 0 aromatic rings. The molecule has 2 heteroatoms. The van der Waals surface area contributed by atoms with Crippen LogP contribution in [0.1, 0.15) is 33.1 Å². The highest BCUT2D eigenvalue weighted by Gasteiger charge is 2.53. The average molecular weight is 220 g/mol. The second kappa shape index (κ2) is 3.61. The molecule has 0 radical (unpaired) electrons. The second-order valence-corrected chi connectivity index (χ2v) is 5.93. The molecule has 0 aliphatic heterocycles. The van der Waals surface area contributed by atoms with Crippen LogP contribution in [0.25, 0.3) is 0 Å². The summed E-state index contributed by atoms with van der Waals surface area (Å²) in [7, 11) is 0. The first-order chi connectivity index (χ1) is 7.66. The van der Waals surface area contributed by atoms with Crippen LogP contribution in [0, 0.1) is 29.6 Å². The fourth-order valence-corrected chi connectivity index (χ4v) is 3.91. The Morgan fingerprint density at radius 2 is 2.12 bits per heavy atom. The van der Waals surface area contributed by atoms with Crippen molar-refractivity contribution in [1.29, 1.82) is 0 Å². The number of carbonyl (C=O) groups is 1. The maximum absolute atomic E-state index is 11.6. The first-order valence-corrected chi connectivity index (χ1v) is 6.54. The fourth-order valence-electron chi connectivity index (χ4n) is 3.91. The number of fused-ring (bicyclic) bond motifs is 5. The smallest absolute Gasteiger partial charge is 0.308 e. The Hall–Kier alpha value is -0.790. The highest BCUT2D eigenvalue weighted by Crippen LogP contribution is 2.57. The highest BCUT2D eigenvalue weighted by atomic mass is 16.5. The van der Waals surface area contributed by atoms with Gasteiger partial charge in [0, 0.05) is 5.92 Å². The van der Waals surface area contributed by atoms with E-state index in [0.717, 1.165) is 18.3 Å². The van der Waals surface area contributed by atoms with Crippen LogP contribution in [0.2, 0.25) is 0 Å². The van der Waals surface area contributed by atoms with E-state index in [1.807, 2.05) is 13.8 Å². The zero-order valence-corrected chi connectivity index (χ0v) is 10.1. The van der Waals surface area contributed by atoms with Crippen molar-refractivity contribution in [3.63, 3.8) is 0 Å². The van der Waals surface area contributed by atoms with Gasteiger partial charge in [-0.25, -0.2) is 0 Å². The quantitative estimate of drug-likeness (QED) is 0.528. The lowest BCUT2D eigenvalue weighted by Gasteiger charge is -2.31. The summed E-state index contributed by atoms with van der Waals surface area (Å²) in [6.45, 7) is 3.82. The molecule has 0 amide bonds. The summed E-state index contributed by atoms with van der Waals surface area (Å²) >= 11 is 0. The molecule has 2 saturated carbocycles. The van der Waals surface area contributed by atoms with Gasteiger partial charge in [0.1, 0.15) is 6.10 Å². The molecule has 88 valence electrons. The number of ether oxygens (including phenoxy) is 1. The summed E-state index contributed by atoms with van der Waals surface area (Å²) in [4.78, 5) is 11.6. The number of rotatable bonds is 2. The third-order valence-corrected chi connectivity index (χ3v) is 4.69. The number of hydrogen-bond donors (Lipinski definition) is 0. The predicted molar refractivity (Wildman–Crippen MR) is 61.7 cm³/mol. The standard InChI is InChI=1S/C14H20O2/c1-8(2)14(15)16-13-7-9-6-12(13)11-5-3-4-10(9)11/h3,5,8-13H,4,6-7H2,1-2H3/t9-,10-,11+,12+,13-/m1/s1. The first-order valence-electron chi connectivity index (χ1n) is 6.54. The predicted octanol–water partition coefficient (Wildman–Crippen LogP) is 2.79. The molecule has 0 N–H and O–H groups in total. The number of allylic oxidation sites excluding steroid dienone is 2. The molecule has 3 aliphatic rings. The summed E-state index contributed by atoms with van der Waals surface area (Å²) in [5.41, 5.74) is 0. The van der Waals surface area contributed by atoms with Gasteiger partial charge < -0.3 is 4.74 Å². The molecule has 2 bridgehead atoms. The molecule has 0 spiro atoms. The zero-order chi connectivity index (χ0) is 11.3. The summed E-state index contributed by atoms with van der Waals surface area (Å²) in [6.07, 6.45) is 8.56. The van der Waals surface area contributed by atoms with Crippen molar-refractivity contribution in [2.24, 2.45) is 29.6 Å². The third kappa shape index (κ3) is 1.42. The van der Waals surface area contributed by atoms with E-state index < -0.39 is 0 Å². The third-order valence-electron chi connectivity index (χ3n) is 4.69. The van der Waals surface area contributed by atoms with Crippen molar-refractivity contribution >= 4 is 5.97 Å². The van der Waals surface area contributed by atoms with Crippen LogP contribution in [-0.4, -0.2) is 12.1 Å². The van der Waals surface area contributed by atoms with Gasteiger partial charge >= 0.3 is 5.97 Å². The van der Waals surface area contributed by atoms with Gasteiger partial charge in [0.25, 0.3) is 0 Å². The van der Waals surface area contributed by atoms with Gasteiger partial charge in [-0.15, -0.1) is 0 Å². The van der Waals surface area contributed by atoms with Gasteiger partial charge in [0.05, 0.1) is 5.92 Å². The Labute approximate surface area is 97.1 Å². The Balaban J connectivity index is 1.68. The summed E-state index contributed by atoms with van der Waals surface area (Å²) in [5.74, 6) is 3.01. The van der Waals surface area contributed by atoms with E-state index in [2.05, 4.69) is 12.2 Å². The summed E-state index contributed by atoms with van der Waals surface area (Å²) < 4.78 is 5.64. The lowest BCUT2D eigenvalue weighted by Crippen LogP contribution is -2.33. The topological polar surface area (TPSA) is 26.3 Å². The fraction of sp³-hybridized carbons (Fsp3) is 0.786. The van der Waals surface area contributed by atoms with E-state index in [1.54, 1.807) is 0 Å². The van der Waals surface area contributed by atoms with Crippen molar-refractivity contribution < 1.29 is 9.53 Å². The molecule has 5 atom stereocenters. The highest BCUT2D eigenvalue weighted by molar-refractivity contribution is 5.71. The maximum Gasteiger partial charge on any atom is 0.308 e. The zero-order valence-electron chi connectivity index (χ0n) is 10.1. The van der Waals surface area contributed by atoms with Gasteiger partial charge in [-0.1, -0.05) is 26.0 Å². The van der Waals surface area contributed by atoms with Crippen molar-refractivity contribution in [3.8, 4) is 0 Å². The van der Waals surface area contributed by atoms with Crippen LogP contribution in [0.4, 0.5) is 0 Å². The van der Waals surface area contributed by atoms with Crippen LogP contribution >= 0.6 is 0 Å². The minimum absolute atomic E-state index is 0.00837. The largest absolute Gasteiger partial charge is 0.462 e. The Morgan fingerprint density at radius 3 is 2.88 bits per heavy atom. The molecule has 2 nitrogen and oxygen atoms in total. The molecule has 2 fully saturated rings. The van der Waals surface area contributed by atoms with Crippen molar-refractivity contribution in [2.75, 3.05) is 0 Å². The lowest BCUT2D eigenvalue weighted by molar-refractivity contribution is -0.156. The minimum atomic E-state index is -0.0175. The first kappa shape index (κ1) is 10.4. The van der Waals surface area contributed by atoms with Gasteiger partial charge in [0.15, 0.2) is 0 Å². The van der Waals surface area contributed by atoms with Gasteiger partial charge in [-0.05, 0) is 37.0 Å². The van der Waals surface area contributed by atoms with E-state index in [-0.39, 0.29) is 18.0 Å². The normalized spacial score (nSPS) is 44.1. The summed E-state index contributed by atoms with van der Waals surface area (Å²) in [6, 6.07) is 0. The van der Waals surface area contributed by atoms with E-state index >= 15 is 0 Å². The number of carbonyl (C=O) groups excluding carboxylic acids is 1. The Bertz CT molecular complexity index is 332. The van der Waals surface area contributed by atoms with E-state index in [0.29, 0.717) is 11.8 Å². The van der Waals surface area contributed by atoms with Crippen LogP contribution in [-0.2, 0) is 9.53 Å². The minimum Gasteiger partial charge on any atom is -0.462 e. The molecule has 16 heavy (non-hydrogen) atoms. The maximum atomic E-state index is 11.6. The average Bonchev–Trinajstić information content (AvgIpc) is 2.87. The van der Waals surface area contributed by atoms with Gasteiger partial charge in [0.2, 0.25) is 0 Å². The lowest BCUT2D eigenvalue weighted by atomic mass is 9.80. The number of hydrogen-bond acceptors (Lipinski definition) is 2. The van der Waals surface area contributed by atoms with Crippen LogP contribution in [0.5, 0.6) is 0 Å². The molecule has 3 rings (SSSR count). The van der Waals surface area contributed by atoms with E-state index in [4.69, 9.17) is 4.74 Å². The van der Waals surface area contributed by atoms with Gasteiger partial charge in [-0.3, -0.25) is 4.79 Å². The molecular weight excluding hydrogens is 200 g/mol. The molecule has 0 saturated heterocycles. The van der Waals surface area contributed by atoms with E-state index in [9.17, 15) is 4.79 Å². The molecule has 0 heterocycles. The monoisotopic (exact) mass is 220 g/mol. The van der Waals surface area contributed by atoms with Crippen molar-refractivity contribution in [2.45, 2.75) is 39.2 Å². The SMILES string of the molecule is CC(C)C(=O)O[C@@H]1C[C@H]2C[C@H]1[C@H]1C=CC[C@H]21. The molecule has 3 aliphatic carbocycles. The summed E-state index contributed by atoms with van der Waals surface area (Å²) in [5, 5.41) is 0. The van der Waals surface area contributed by atoms with Crippen LogP contribution < -0.4 is 0 Å².